The topological polar surface area (TPSA) is 49.3 Å². The molecule has 0 aliphatic carbocycles. The summed E-state index contributed by atoms with van der Waals surface area (Å²) in [6, 6.07) is 9.20. The van der Waals surface area contributed by atoms with Gasteiger partial charge >= 0.3 is 5.97 Å². The fraction of sp³-hybridized carbons (Fsp3) is 0. The number of nitrogens with one attached hydrogen (secondary N) is 1. The monoisotopic (exact) mass is 249 g/mol. The van der Waals surface area contributed by atoms with E-state index < -0.39 is 17.6 Å². The number of anilines is 2. The van der Waals surface area contributed by atoms with Gasteiger partial charge in [-0.2, -0.15) is 0 Å². The van der Waals surface area contributed by atoms with Gasteiger partial charge in [-0.15, -0.1) is 0 Å². The van der Waals surface area contributed by atoms with Crippen LogP contribution < -0.4 is 5.32 Å². The molecule has 0 unspecified atom stereocenters. The van der Waals surface area contributed by atoms with Crippen molar-refractivity contribution < 1.29 is 18.7 Å². The van der Waals surface area contributed by atoms with E-state index in [-0.39, 0.29) is 11.3 Å². The van der Waals surface area contributed by atoms with Crippen LogP contribution in [-0.2, 0) is 0 Å². The fourth-order valence-corrected chi connectivity index (χ4v) is 1.49. The maximum atomic E-state index is 13.4. The van der Waals surface area contributed by atoms with Crippen molar-refractivity contribution in [1.82, 2.24) is 0 Å². The average Bonchev–Trinajstić information content (AvgIpc) is 2.34. The highest BCUT2D eigenvalue weighted by molar-refractivity contribution is 5.89. The molecule has 0 atom stereocenters. The summed E-state index contributed by atoms with van der Waals surface area (Å²) in [5.41, 5.74) is 0.0377. The van der Waals surface area contributed by atoms with E-state index in [2.05, 4.69) is 5.32 Å². The number of para-hydroxylation sites is 1. The van der Waals surface area contributed by atoms with Gasteiger partial charge in [0, 0.05) is 5.69 Å². The number of hydrogen-bond acceptors (Lipinski definition) is 2. The van der Waals surface area contributed by atoms with Crippen molar-refractivity contribution in [2.24, 2.45) is 0 Å². The number of rotatable bonds is 3. The number of carboxylic acid groups (broad SMARTS) is 1. The Morgan fingerprint density at radius 3 is 2.28 bits per heavy atom. The van der Waals surface area contributed by atoms with Gasteiger partial charge in [0.15, 0.2) is 0 Å². The lowest BCUT2D eigenvalue weighted by molar-refractivity contribution is 0.0697. The Labute approximate surface area is 102 Å². The van der Waals surface area contributed by atoms with Crippen LogP contribution in [0.5, 0.6) is 0 Å². The van der Waals surface area contributed by atoms with Gasteiger partial charge in [-0.1, -0.05) is 12.1 Å². The molecular weight excluding hydrogens is 240 g/mol. The fourth-order valence-electron chi connectivity index (χ4n) is 1.49. The molecule has 5 heteroatoms. The van der Waals surface area contributed by atoms with Crippen molar-refractivity contribution in [3.63, 3.8) is 0 Å². The number of aromatic carboxylic acids is 1. The van der Waals surface area contributed by atoms with Crippen LogP contribution in [0, 0.1) is 11.6 Å². The van der Waals surface area contributed by atoms with Crippen LogP contribution in [0.4, 0.5) is 20.2 Å². The van der Waals surface area contributed by atoms with Crippen molar-refractivity contribution in [2.45, 2.75) is 0 Å². The first-order chi connectivity index (χ1) is 8.58. The van der Waals surface area contributed by atoms with Gasteiger partial charge in [0.25, 0.3) is 0 Å². The highest BCUT2D eigenvalue weighted by Gasteiger charge is 2.09. The zero-order valence-corrected chi connectivity index (χ0v) is 9.15. The molecule has 92 valence electrons. The maximum absolute atomic E-state index is 13.4. The molecule has 0 aromatic heterocycles. The zero-order chi connectivity index (χ0) is 13.1. The van der Waals surface area contributed by atoms with Crippen molar-refractivity contribution in [2.75, 3.05) is 5.32 Å². The first kappa shape index (κ1) is 12.0. The third-order valence-corrected chi connectivity index (χ3v) is 2.34. The molecular formula is C13H9F2NO2. The number of carboxylic acids is 1. The molecule has 18 heavy (non-hydrogen) atoms. The highest BCUT2D eigenvalue weighted by Crippen LogP contribution is 2.23. The third kappa shape index (κ3) is 2.45. The van der Waals surface area contributed by atoms with E-state index in [1.54, 1.807) is 0 Å². The summed E-state index contributed by atoms with van der Waals surface area (Å²) in [4.78, 5) is 10.8. The first-order valence-corrected chi connectivity index (χ1v) is 5.12. The van der Waals surface area contributed by atoms with E-state index in [1.807, 2.05) is 0 Å². The Morgan fingerprint density at radius 1 is 1.06 bits per heavy atom. The summed E-state index contributed by atoms with van der Waals surface area (Å²) in [7, 11) is 0. The lowest BCUT2D eigenvalue weighted by Crippen LogP contribution is -2.00. The van der Waals surface area contributed by atoms with Crippen LogP contribution in [0.2, 0.25) is 0 Å². The summed E-state index contributed by atoms with van der Waals surface area (Å²) in [5.74, 6) is -2.58. The van der Waals surface area contributed by atoms with Crippen LogP contribution in [0.15, 0.2) is 42.5 Å². The quantitative estimate of drug-likeness (QED) is 0.876. The maximum Gasteiger partial charge on any atom is 0.335 e. The van der Waals surface area contributed by atoms with Gasteiger partial charge in [0.05, 0.1) is 5.56 Å². The van der Waals surface area contributed by atoms with E-state index in [9.17, 15) is 13.6 Å². The predicted octanol–water partition coefficient (Wildman–Crippen LogP) is 3.41. The van der Waals surface area contributed by atoms with Crippen molar-refractivity contribution >= 4 is 17.3 Å². The predicted molar refractivity (Wildman–Crippen MR) is 63.0 cm³/mol. The second-order valence-corrected chi connectivity index (χ2v) is 3.61. The van der Waals surface area contributed by atoms with Gasteiger partial charge in [-0.05, 0) is 30.3 Å². The van der Waals surface area contributed by atoms with Gasteiger partial charge in [0.2, 0.25) is 0 Å². The second kappa shape index (κ2) is 4.83. The molecule has 2 N–H and O–H groups in total. The Bertz CT molecular complexity index is 579. The molecule has 2 rings (SSSR count). The van der Waals surface area contributed by atoms with Gasteiger partial charge in [-0.25, -0.2) is 13.6 Å². The van der Waals surface area contributed by atoms with Crippen molar-refractivity contribution in [1.29, 1.82) is 0 Å². The number of carbonyl (C=O) groups is 1. The standard InChI is InChI=1S/C13H9F2NO2/c14-10-5-2-6-11(15)12(10)16-9-4-1-3-8(7-9)13(17)18/h1-7,16H,(H,17,18). The Kier molecular flexibility index (Phi) is 3.23. The molecule has 3 nitrogen and oxygen atoms in total. The summed E-state index contributed by atoms with van der Waals surface area (Å²) in [6.45, 7) is 0. The molecule has 0 heterocycles. The summed E-state index contributed by atoms with van der Waals surface area (Å²) in [5, 5.41) is 11.3. The summed E-state index contributed by atoms with van der Waals surface area (Å²) < 4.78 is 26.8. The minimum absolute atomic E-state index is 0.0387. The van der Waals surface area contributed by atoms with Gasteiger partial charge in [0.1, 0.15) is 17.3 Å². The van der Waals surface area contributed by atoms with Crippen molar-refractivity contribution in [3.05, 3.63) is 59.7 Å². The van der Waals surface area contributed by atoms with Crippen LogP contribution in [0.1, 0.15) is 10.4 Å². The van der Waals surface area contributed by atoms with Crippen molar-refractivity contribution in [3.8, 4) is 0 Å². The largest absolute Gasteiger partial charge is 0.478 e. The van der Waals surface area contributed by atoms with Crippen LogP contribution in [0.3, 0.4) is 0 Å². The third-order valence-electron chi connectivity index (χ3n) is 2.34. The molecule has 0 fully saturated rings. The second-order valence-electron chi connectivity index (χ2n) is 3.61. The van der Waals surface area contributed by atoms with E-state index in [0.29, 0.717) is 5.69 Å². The van der Waals surface area contributed by atoms with Crippen LogP contribution in [0.25, 0.3) is 0 Å². The molecule has 0 saturated heterocycles. The Hall–Kier alpha value is -2.43. The number of benzene rings is 2. The minimum atomic E-state index is -1.10. The average molecular weight is 249 g/mol. The molecule has 0 amide bonds. The summed E-state index contributed by atoms with van der Waals surface area (Å²) in [6.07, 6.45) is 0. The van der Waals surface area contributed by atoms with Gasteiger partial charge < -0.3 is 10.4 Å². The zero-order valence-electron chi connectivity index (χ0n) is 9.15. The Morgan fingerprint density at radius 2 is 1.67 bits per heavy atom. The molecule has 2 aromatic carbocycles. The lowest BCUT2D eigenvalue weighted by atomic mass is 10.2. The van der Waals surface area contributed by atoms with Crippen LogP contribution >= 0.6 is 0 Å². The molecule has 0 saturated carbocycles. The first-order valence-electron chi connectivity index (χ1n) is 5.12. The van der Waals surface area contributed by atoms with E-state index in [0.717, 1.165) is 12.1 Å². The highest BCUT2D eigenvalue weighted by atomic mass is 19.1. The van der Waals surface area contributed by atoms with E-state index >= 15 is 0 Å². The molecule has 0 aliphatic rings. The van der Waals surface area contributed by atoms with Crippen LogP contribution in [-0.4, -0.2) is 11.1 Å². The molecule has 0 aliphatic heterocycles. The van der Waals surface area contributed by atoms with Gasteiger partial charge in [-0.3, -0.25) is 0 Å². The lowest BCUT2D eigenvalue weighted by Gasteiger charge is -2.09. The normalized spacial score (nSPS) is 10.1. The SMILES string of the molecule is O=C(O)c1cccc(Nc2c(F)cccc2F)c1. The van der Waals surface area contributed by atoms with E-state index in [1.165, 1.54) is 30.3 Å². The van der Waals surface area contributed by atoms with E-state index in [4.69, 9.17) is 5.11 Å². The molecule has 0 spiro atoms. The minimum Gasteiger partial charge on any atom is -0.478 e. The number of halogens is 2. The molecule has 0 bridgehead atoms. The smallest absolute Gasteiger partial charge is 0.335 e. The number of hydrogen-bond donors (Lipinski definition) is 2. The molecule has 2 aromatic rings. The molecule has 0 radical (unpaired) electrons. The Balaban J connectivity index is 2.34. The summed E-state index contributed by atoms with van der Waals surface area (Å²) >= 11 is 0.